The number of aryl methyl sites for hydroxylation is 1. The lowest BCUT2D eigenvalue weighted by atomic mass is 9.99. The normalized spacial score (nSPS) is 16.0. The minimum atomic E-state index is -0.737. The predicted molar refractivity (Wildman–Crippen MR) is 52.6 cm³/mol. The Labute approximate surface area is 77.2 Å². The molecule has 0 aromatic carbocycles. The fourth-order valence-corrected chi connectivity index (χ4v) is 2.00. The van der Waals surface area contributed by atoms with Crippen molar-refractivity contribution in [3.05, 3.63) is 21.9 Å². The highest BCUT2D eigenvalue weighted by Gasteiger charge is 2.22. The zero-order valence-electron chi connectivity index (χ0n) is 7.72. The molecular weight excluding hydrogens is 170 g/mol. The predicted octanol–water partition coefficient (Wildman–Crippen LogP) is 1.48. The number of hydrogen-bond donors (Lipinski definition) is 2. The van der Waals surface area contributed by atoms with E-state index in [9.17, 15) is 5.11 Å². The van der Waals surface area contributed by atoms with E-state index in [1.165, 1.54) is 4.88 Å². The molecule has 0 aliphatic heterocycles. The topological polar surface area (TPSA) is 32.3 Å². The molecule has 1 aromatic heterocycles. The highest BCUT2D eigenvalue weighted by molar-refractivity contribution is 7.10. The molecule has 0 bridgehead atoms. The van der Waals surface area contributed by atoms with Crippen LogP contribution in [0.25, 0.3) is 0 Å². The van der Waals surface area contributed by atoms with Crippen LogP contribution in [-0.2, 0) is 5.60 Å². The summed E-state index contributed by atoms with van der Waals surface area (Å²) in [6.07, 6.45) is 0. The maximum atomic E-state index is 9.94. The minimum absolute atomic E-state index is 0.586. The van der Waals surface area contributed by atoms with Crippen LogP contribution in [0, 0.1) is 6.92 Å². The Morgan fingerprint density at radius 3 is 2.75 bits per heavy atom. The van der Waals surface area contributed by atoms with Crippen LogP contribution < -0.4 is 5.32 Å². The summed E-state index contributed by atoms with van der Waals surface area (Å²) in [7, 11) is 1.84. The number of rotatable bonds is 3. The third-order valence-corrected chi connectivity index (χ3v) is 2.73. The third-order valence-electron chi connectivity index (χ3n) is 1.87. The van der Waals surface area contributed by atoms with Crippen molar-refractivity contribution in [3.63, 3.8) is 0 Å². The summed E-state index contributed by atoms with van der Waals surface area (Å²) >= 11 is 1.67. The standard InChI is InChI=1S/C9H15NOS/c1-7-4-8(5-12-7)9(2,11)6-10-3/h4-5,10-11H,6H2,1-3H3. The molecule has 3 heteroatoms. The molecule has 0 saturated carbocycles. The van der Waals surface area contributed by atoms with Gasteiger partial charge in [-0.25, -0.2) is 0 Å². The zero-order valence-corrected chi connectivity index (χ0v) is 8.53. The monoisotopic (exact) mass is 185 g/mol. The fraction of sp³-hybridized carbons (Fsp3) is 0.556. The molecule has 0 amide bonds. The Hall–Kier alpha value is -0.380. The van der Waals surface area contributed by atoms with Crippen molar-refractivity contribution in [3.8, 4) is 0 Å². The second kappa shape index (κ2) is 3.56. The lowest BCUT2D eigenvalue weighted by Crippen LogP contribution is -2.32. The van der Waals surface area contributed by atoms with Crippen molar-refractivity contribution in [2.75, 3.05) is 13.6 Å². The van der Waals surface area contributed by atoms with Crippen LogP contribution in [0.1, 0.15) is 17.4 Å². The van der Waals surface area contributed by atoms with Gasteiger partial charge in [-0.15, -0.1) is 11.3 Å². The molecule has 1 unspecified atom stereocenters. The van der Waals surface area contributed by atoms with E-state index in [1.54, 1.807) is 11.3 Å². The molecular formula is C9H15NOS. The van der Waals surface area contributed by atoms with E-state index in [1.807, 2.05) is 32.3 Å². The van der Waals surface area contributed by atoms with E-state index >= 15 is 0 Å². The number of nitrogens with one attached hydrogen (secondary N) is 1. The molecule has 0 fully saturated rings. The van der Waals surface area contributed by atoms with Gasteiger partial charge in [-0.2, -0.15) is 0 Å². The molecule has 2 N–H and O–H groups in total. The first-order valence-electron chi connectivity index (χ1n) is 3.99. The smallest absolute Gasteiger partial charge is 0.1000 e. The Balaban J connectivity index is 2.81. The van der Waals surface area contributed by atoms with Crippen molar-refractivity contribution in [2.24, 2.45) is 0 Å². The molecule has 1 atom stereocenters. The molecule has 0 saturated heterocycles. The number of thiophene rings is 1. The second-order valence-electron chi connectivity index (χ2n) is 3.25. The molecule has 12 heavy (non-hydrogen) atoms. The molecule has 1 aromatic rings. The second-order valence-corrected chi connectivity index (χ2v) is 4.37. The third kappa shape index (κ3) is 2.06. The first-order valence-corrected chi connectivity index (χ1v) is 4.87. The van der Waals surface area contributed by atoms with Gasteiger partial charge < -0.3 is 10.4 Å². The number of hydrogen-bond acceptors (Lipinski definition) is 3. The van der Waals surface area contributed by atoms with Gasteiger partial charge in [0.1, 0.15) is 0 Å². The van der Waals surface area contributed by atoms with Gasteiger partial charge in [-0.1, -0.05) is 0 Å². The lowest BCUT2D eigenvalue weighted by Gasteiger charge is -2.21. The van der Waals surface area contributed by atoms with E-state index < -0.39 is 5.60 Å². The summed E-state index contributed by atoms with van der Waals surface area (Å²) in [4.78, 5) is 1.24. The van der Waals surface area contributed by atoms with Crippen molar-refractivity contribution < 1.29 is 5.11 Å². The fourth-order valence-electron chi connectivity index (χ4n) is 1.17. The van der Waals surface area contributed by atoms with E-state index in [4.69, 9.17) is 0 Å². The van der Waals surface area contributed by atoms with Crippen molar-refractivity contribution >= 4 is 11.3 Å². The zero-order chi connectivity index (χ0) is 9.19. The van der Waals surface area contributed by atoms with Crippen LogP contribution in [-0.4, -0.2) is 18.7 Å². The SMILES string of the molecule is CNCC(C)(O)c1csc(C)c1. The Kier molecular flexibility index (Phi) is 2.88. The number of likely N-dealkylation sites (N-methyl/N-ethyl adjacent to an activating group) is 1. The Morgan fingerprint density at radius 1 is 1.67 bits per heavy atom. The molecule has 0 spiro atoms. The van der Waals surface area contributed by atoms with E-state index in [0.29, 0.717) is 6.54 Å². The van der Waals surface area contributed by atoms with Crippen LogP contribution in [0.5, 0.6) is 0 Å². The quantitative estimate of drug-likeness (QED) is 0.747. The molecule has 1 heterocycles. The molecule has 0 aliphatic carbocycles. The van der Waals surface area contributed by atoms with Crippen LogP contribution >= 0.6 is 11.3 Å². The van der Waals surface area contributed by atoms with E-state index in [2.05, 4.69) is 5.32 Å². The summed E-state index contributed by atoms with van der Waals surface area (Å²) < 4.78 is 0. The Morgan fingerprint density at radius 2 is 2.33 bits per heavy atom. The van der Waals surface area contributed by atoms with Crippen LogP contribution in [0.15, 0.2) is 11.4 Å². The van der Waals surface area contributed by atoms with Gasteiger partial charge in [-0.3, -0.25) is 0 Å². The molecule has 1 rings (SSSR count). The highest BCUT2D eigenvalue weighted by Crippen LogP contribution is 2.24. The summed E-state index contributed by atoms with van der Waals surface area (Å²) in [5.74, 6) is 0. The highest BCUT2D eigenvalue weighted by atomic mass is 32.1. The summed E-state index contributed by atoms with van der Waals surface area (Å²) in [6, 6.07) is 2.03. The number of aliphatic hydroxyl groups is 1. The molecule has 68 valence electrons. The van der Waals surface area contributed by atoms with Gasteiger partial charge in [0.15, 0.2) is 0 Å². The first kappa shape index (κ1) is 9.71. The maximum Gasteiger partial charge on any atom is 0.1000 e. The van der Waals surface area contributed by atoms with Gasteiger partial charge in [0, 0.05) is 11.4 Å². The summed E-state index contributed by atoms with van der Waals surface area (Å²) in [5.41, 5.74) is 0.263. The van der Waals surface area contributed by atoms with E-state index in [0.717, 1.165) is 5.56 Å². The van der Waals surface area contributed by atoms with Crippen LogP contribution in [0.3, 0.4) is 0 Å². The molecule has 0 aliphatic rings. The average Bonchev–Trinajstić information content (AvgIpc) is 2.36. The van der Waals surface area contributed by atoms with Crippen molar-refractivity contribution in [1.82, 2.24) is 5.32 Å². The Bertz CT molecular complexity index is 255. The van der Waals surface area contributed by atoms with Crippen molar-refractivity contribution in [2.45, 2.75) is 19.4 Å². The lowest BCUT2D eigenvalue weighted by molar-refractivity contribution is 0.0596. The van der Waals surface area contributed by atoms with Gasteiger partial charge in [0.25, 0.3) is 0 Å². The average molecular weight is 185 g/mol. The van der Waals surface area contributed by atoms with Gasteiger partial charge in [-0.05, 0) is 37.9 Å². The van der Waals surface area contributed by atoms with Crippen molar-refractivity contribution in [1.29, 1.82) is 0 Å². The molecule has 0 radical (unpaired) electrons. The first-order chi connectivity index (χ1) is 5.56. The van der Waals surface area contributed by atoms with Crippen LogP contribution in [0.2, 0.25) is 0 Å². The van der Waals surface area contributed by atoms with Gasteiger partial charge in [0.05, 0.1) is 5.60 Å². The van der Waals surface area contributed by atoms with Gasteiger partial charge >= 0.3 is 0 Å². The summed E-state index contributed by atoms with van der Waals surface area (Å²) in [5, 5.41) is 14.9. The molecule has 2 nitrogen and oxygen atoms in total. The largest absolute Gasteiger partial charge is 0.384 e. The minimum Gasteiger partial charge on any atom is -0.384 e. The maximum absolute atomic E-state index is 9.94. The van der Waals surface area contributed by atoms with Gasteiger partial charge in [0.2, 0.25) is 0 Å². The van der Waals surface area contributed by atoms with E-state index in [-0.39, 0.29) is 0 Å². The summed E-state index contributed by atoms with van der Waals surface area (Å²) in [6.45, 7) is 4.46. The van der Waals surface area contributed by atoms with Crippen LogP contribution in [0.4, 0.5) is 0 Å².